The van der Waals surface area contributed by atoms with Gasteiger partial charge in [0.2, 0.25) is 0 Å². The molecule has 0 fully saturated rings. The molecule has 0 aliphatic carbocycles. The first-order chi connectivity index (χ1) is 11.5. The summed E-state index contributed by atoms with van der Waals surface area (Å²) in [7, 11) is 0. The monoisotopic (exact) mass is 373 g/mol. The van der Waals surface area contributed by atoms with E-state index >= 15 is 0 Å². The lowest BCUT2D eigenvalue weighted by molar-refractivity contribution is 0.0645. The minimum Gasteiger partial charge on any atom is -0.449 e. The van der Waals surface area contributed by atoms with Crippen LogP contribution in [0.2, 0.25) is 5.02 Å². The lowest BCUT2D eigenvalue weighted by Crippen LogP contribution is -2.45. The van der Waals surface area contributed by atoms with Crippen molar-refractivity contribution in [2.45, 2.75) is 25.8 Å². The SMILES string of the molecule is CCOC(=O)N1C(SCc2c(C)cncc2Cl)=NC(CF)=CC1O. The molecule has 2 heterocycles. The fourth-order valence-electron chi connectivity index (χ4n) is 2.01. The number of alkyl halides is 1. The Balaban J connectivity index is 2.24. The molecule has 0 bridgehead atoms. The number of aliphatic hydroxyl groups is 1. The molecule has 0 spiro atoms. The second-order valence-corrected chi connectivity index (χ2v) is 6.22. The molecule has 1 aromatic heterocycles. The summed E-state index contributed by atoms with van der Waals surface area (Å²) in [6, 6.07) is 0. The maximum absolute atomic E-state index is 12.9. The maximum atomic E-state index is 12.9. The summed E-state index contributed by atoms with van der Waals surface area (Å²) in [4.78, 5) is 21.1. The molecule has 1 unspecified atom stereocenters. The normalized spacial score (nSPS) is 17.4. The first-order valence-corrected chi connectivity index (χ1v) is 8.55. The number of aryl methyl sites for hydroxylation is 1. The van der Waals surface area contributed by atoms with E-state index in [0.29, 0.717) is 10.8 Å². The van der Waals surface area contributed by atoms with Gasteiger partial charge in [-0.1, -0.05) is 23.4 Å². The van der Waals surface area contributed by atoms with Crippen LogP contribution in [0.25, 0.3) is 0 Å². The van der Waals surface area contributed by atoms with Crippen molar-refractivity contribution in [3.8, 4) is 0 Å². The fourth-order valence-corrected chi connectivity index (χ4v) is 3.52. The number of carbonyl (C=O) groups is 1. The van der Waals surface area contributed by atoms with Crippen LogP contribution in [0.15, 0.2) is 29.2 Å². The van der Waals surface area contributed by atoms with Crippen molar-refractivity contribution in [1.29, 1.82) is 0 Å². The Kier molecular flexibility index (Phi) is 6.59. The zero-order valence-electron chi connectivity index (χ0n) is 13.2. The molecule has 130 valence electrons. The third-order valence-corrected chi connectivity index (χ3v) is 4.52. The molecule has 9 heteroatoms. The Bertz CT molecular complexity index is 664. The van der Waals surface area contributed by atoms with E-state index in [4.69, 9.17) is 16.3 Å². The molecule has 0 aromatic carbocycles. The molecule has 1 amide bonds. The second kappa shape index (κ2) is 8.46. The number of allylic oxidation sites excluding steroid dienone is 1. The van der Waals surface area contributed by atoms with E-state index in [2.05, 4.69) is 9.98 Å². The minimum atomic E-state index is -1.33. The molecule has 24 heavy (non-hydrogen) atoms. The predicted molar refractivity (Wildman–Crippen MR) is 91.6 cm³/mol. The zero-order chi connectivity index (χ0) is 17.7. The van der Waals surface area contributed by atoms with Gasteiger partial charge in [0.1, 0.15) is 6.67 Å². The topological polar surface area (TPSA) is 75.0 Å². The van der Waals surface area contributed by atoms with Crippen molar-refractivity contribution in [3.05, 3.63) is 40.3 Å². The summed E-state index contributed by atoms with van der Waals surface area (Å²) in [5, 5.41) is 10.7. The highest BCUT2D eigenvalue weighted by atomic mass is 35.5. The van der Waals surface area contributed by atoms with Crippen molar-refractivity contribution >= 4 is 34.6 Å². The van der Waals surface area contributed by atoms with Gasteiger partial charge >= 0.3 is 6.09 Å². The molecule has 2 rings (SSSR count). The van der Waals surface area contributed by atoms with Crippen LogP contribution in [-0.2, 0) is 10.5 Å². The average molecular weight is 374 g/mol. The maximum Gasteiger partial charge on any atom is 0.418 e. The van der Waals surface area contributed by atoms with E-state index in [-0.39, 0.29) is 17.5 Å². The molecule has 6 nitrogen and oxygen atoms in total. The van der Waals surface area contributed by atoms with E-state index in [0.717, 1.165) is 27.8 Å². The number of carbonyl (C=O) groups excluding carboxylic acids is 1. The average Bonchev–Trinajstić information content (AvgIpc) is 2.54. The smallest absolute Gasteiger partial charge is 0.418 e. The number of hydrogen-bond donors (Lipinski definition) is 1. The van der Waals surface area contributed by atoms with Gasteiger partial charge in [-0.25, -0.2) is 19.1 Å². The summed E-state index contributed by atoms with van der Waals surface area (Å²) >= 11 is 7.30. The van der Waals surface area contributed by atoms with Gasteiger partial charge in [-0.2, -0.15) is 0 Å². The summed E-state index contributed by atoms with van der Waals surface area (Å²) in [6.45, 7) is 2.82. The van der Waals surface area contributed by atoms with Gasteiger partial charge in [-0.05, 0) is 31.1 Å². The predicted octanol–water partition coefficient (Wildman–Crippen LogP) is 3.28. The third-order valence-electron chi connectivity index (χ3n) is 3.22. The highest BCUT2D eigenvalue weighted by Crippen LogP contribution is 2.28. The van der Waals surface area contributed by atoms with Gasteiger partial charge in [-0.3, -0.25) is 4.98 Å². The van der Waals surface area contributed by atoms with Crippen LogP contribution in [0, 0.1) is 6.92 Å². The number of rotatable bonds is 4. The van der Waals surface area contributed by atoms with Crippen LogP contribution >= 0.6 is 23.4 Å². The van der Waals surface area contributed by atoms with Crippen molar-refractivity contribution in [2.75, 3.05) is 13.3 Å². The van der Waals surface area contributed by atoms with Crippen molar-refractivity contribution < 1.29 is 19.0 Å². The van der Waals surface area contributed by atoms with Gasteiger partial charge in [0, 0.05) is 18.1 Å². The first-order valence-electron chi connectivity index (χ1n) is 7.19. The minimum absolute atomic E-state index is 0.0584. The number of pyridine rings is 1. The highest BCUT2D eigenvalue weighted by molar-refractivity contribution is 8.13. The highest BCUT2D eigenvalue weighted by Gasteiger charge is 2.31. The molecular weight excluding hydrogens is 357 g/mol. The molecule has 1 atom stereocenters. The fraction of sp³-hybridized carbons (Fsp3) is 0.400. The second-order valence-electron chi connectivity index (χ2n) is 4.87. The molecule has 0 saturated carbocycles. The quantitative estimate of drug-likeness (QED) is 0.876. The van der Waals surface area contributed by atoms with Crippen molar-refractivity contribution in [3.63, 3.8) is 0 Å². The van der Waals surface area contributed by atoms with E-state index in [9.17, 15) is 14.3 Å². The molecule has 0 radical (unpaired) electrons. The van der Waals surface area contributed by atoms with E-state index in [1.54, 1.807) is 13.1 Å². The molecule has 0 saturated heterocycles. The number of ether oxygens (including phenoxy) is 1. The Hall–Kier alpha value is -1.64. The van der Waals surface area contributed by atoms with E-state index in [1.807, 2.05) is 6.92 Å². The Morgan fingerprint density at radius 3 is 2.92 bits per heavy atom. The van der Waals surface area contributed by atoms with E-state index in [1.165, 1.54) is 12.3 Å². The molecular formula is C15H17ClFN3O3S. The van der Waals surface area contributed by atoms with Crippen LogP contribution in [0.1, 0.15) is 18.1 Å². The van der Waals surface area contributed by atoms with Gasteiger partial charge in [-0.15, -0.1) is 0 Å². The summed E-state index contributed by atoms with van der Waals surface area (Å²) in [5.74, 6) is 0.383. The van der Waals surface area contributed by atoms with Crippen molar-refractivity contribution in [2.24, 2.45) is 4.99 Å². The van der Waals surface area contributed by atoms with Gasteiger partial charge < -0.3 is 9.84 Å². The van der Waals surface area contributed by atoms with Gasteiger partial charge in [0.15, 0.2) is 11.4 Å². The Morgan fingerprint density at radius 1 is 1.54 bits per heavy atom. The number of aliphatic imine (C=N–C) groups is 1. The van der Waals surface area contributed by atoms with E-state index < -0.39 is 19.0 Å². The molecule has 1 N–H and O–H groups in total. The van der Waals surface area contributed by atoms with Crippen LogP contribution in [0.4, 0.5) is 9.18 Å². The zero-order valence-corrected chi connectivity index (χ0v) is 14.8. The van der Waals surface area contributed by atoms with Gasteiger partial charge in [0.25, 0.3) is 0 Å². The number of hydrogen-bond acceptors (Lipinski definition) is 6. The summed E-state index contributed by atoms with van der Waals surface area (Å²) in [6.07, 6.45) is 2.30. The van der Waals surface area contributed by atoms with Crippen LogP contribution < -0.4 is 0 Å². The molecule has 1 aliphatic heterocycles. The van der Waals surface area contributed by atoms with Crippen LogP contribution in [0.5, 0.6) is 0 Å². The number of amides is 1. The standard InChI is InChI=1S/C15H17ClFN3O3S/c1-3-23-15(22)20-13(21)4-10(5-17)19-14(20)24-8-11-9(2)6-18-7-12(11)16/h4,6-7,13,21H,3,5,8H2,1-2H3. The number of amidine groups is 1. The lowest BCUT2D eigenvalue weighted by atomic mass is 10.2. The summed E-state index contributed by atoms with van der Waals surface area (Å²) < 4.78 is 17.9. The largest absolute Gasteiger partial charge is 0.449 e. The van der Waals surface area contributed by atoms with Gasteiger partial charge in [0.05, 0.1) is 17.3 Å². The van der Waals surface area contributed by atoms with Crippen LogP contribution in [0.3, 0.4) is 0 Å². The summed E-state index contributed by atoms with van der Waals surface area (Å²) in [5.41, 5.74) is 1.77. The van der Waals surface area contributed by atoms with Crippen molar-refractivity contribution in [1.82, 2.24) is 9.88 Å². The molecule has 1 aromatic rings. The number of halogens is 2. The Morgan fingerprint density at radius 2 is 2.29 bits per heavy atom. The number of nitrogens with zero attached hydrogens (tertiary/aromatic N) is 3. The number of thioether (sulfide) groups is 1. The number of aromatic nitrogens is 1. The first kappa shape index (κ1) is 18.7. The third kappa shape index (κ3) is 4.25. The molecule has 1 aliphatic rings. The Labute approximate surface area is 148 Å². The van der Waals surface area contributed by atoms with Crippen LogP contribution in [-0.4, -0.2) is 45.8 Å². The lowest BCUT2D eigenvalue weighted by Gasteiger charge is -2.29. The number of aliphatic hydroxyl groups excluding tert-OH is 1.